The quantitative estimate of drug-likeness (QED) is 0.117. The van der Waals surface area contributed by atoms with Gasteiger partial charge < -0.3 is 9.84 Å². The van der Waals surface area contributed by atoms with E-state index in [-0.39, 0.29) is 13.0 Å². The molecule has 0 heterocycles. The van der Waals surface area contributed by atoms with Crippen molar-refractivity contribution in [3.63, 3.8) is 0 Å². The summed E-state index contributed by atoms with van der Waals surface area (Å²) in [6, 6.07) is -0.797. The minimum atomic E-state index is -2.01. The van der Waals surface area contributed by atoms with Gasteiger partial charge in [-0.2, -0.15) is 4.39 Å². The molecule has 0 amide bonds. The van der Waals surface area contributed by atoms with Gasteiger partial charge in [-0.25, -0.2) is 18.0 Å². The lowest BCUT2D eigenvalue weighted by atomic mass is 10.0. The molecule has 1 saturated carbocycles. The van der Waals surface area contributed by atoms with Crippen LogP contribution in [0.4, 0.5) is 23.2 Å². The Morgan fingerprint density at radius 2 is 1.96 bits per heavy atom. The molecule has 0 bridgehead atoms. The van der Waals surface area contributed by atoms with E-state index in [9.17, 15) is 37.6 Å². The van der Waals surface area contributed by atoms with Gasteiger partial charge in [-0.05, 0) is 13.8 Å². The minimum Gasteiger partial charge on any atom is -0.506 e. The molecule has 0 aliphatic heterocycles. The molecule has 2 rings (SSSR count). The number of aliphatic imine (C=N–C) groups is 1. The summed E-state index contributed by atoms with van der Waals surface area (Å²) in [6.07, 6.45) is -0.535. The summed E-state index contributed by atoms with van der Waals surface area (Å²) in [5.41, 5.74) is -4.83. The molecule has 7 nitrogen and oxygen atoms in total. The molecule has 1 unspecified atom stereocenters. The second kappa shape index (κ2) is 7.72. The SMILES string of the molecule is CCOC(=O)/C(C=NC1C[C@@H]1F)=C(/O)c1c(F)c(C)c(F)c(F)c1[N+](=O)[O-]. The molecular formula is C16H14F4N2O5. The maximum atomic E-state index is 14.4. The third-order valence-corrected chi connectivity index (χ3v) is 3.76. The van der Waals surface area contributed by atoms with Crippen molar-refractivity contribution in [2.45, 2.75) is 32.5 Å². The third kappa shape index (κ3) is 3.91. The van der Waals surface area contributed by atoms with Crippen molar-refractivity contribution < 1.29 is 37.1 Å². The summed E-state index contributed by atoms with van der Waals surface area (Å²) in [6.45, 7) is 2.03. The number of nitrogens with zero attached hydrogens (tertiary/aromatic N) is 2. The van der Waals surface area contributed by atoms with Gasteiger partial charge in [0, 0.05) is 18.2 Å². The van der Waals surface area contributed by atoms with Gasteiger partial charge >= 0.3 is 11.7 Å². The van der Waals surface area contributed by atoms with Crippen LogP contribution in [0, 0.1) is 34.5 Å². The van der Waals surface area contributed by atoms with Crippen molar-refractivity contribution in [3.05, 3.63) is 44.3 Å². The van der Waals surface area contributed by atoms with E-state index in [1.54, 1.807) is 0 Å². The van der Waals surface area contributed by atoms with Gasteiger partial charge in [0.05, 0.1) is 17.6 Å². The molecule has 2 atom stereocenters. The first-order chi connectivity index (χ1) is 12.6. The monoisotopic (exact) mass is 390 g/mol. The van der Waals surface area contributed by atoms with Gasteiger partial charge in [0.25, 0.3) is 0 Å². The zero-order chi connectivity index (χ0) is 20.5. The molecule has 1 aliphatic rings. The number of hydrogen-bond donors (Lipinski definition) is 1. The van der Waals surface area contributed by atoms with Gasteiger partial charge in [0.1, 0.15) is 28.9 Å². The summed E-state index contributed by atoms with van der Waals surface area (Å²) < 4.78 is 59.7. The Balaban J connectivity index is 2.75. The Labute approximate surface area is 150 Å². The van der Waals surface area contributed by atoms with E-state index >= 15 is 0 Å². The van der Waals surface area contributed by atoms with Crippen LogP contribution in [-0.2, 0) is 9.53 Å². The van der Waals surface area contributed by atoms with Crippen LogP contribution in [-0.4, -0.2) is 41.0 Å². The van der Waals surface area contributed by atoms with Gasteiger partial charge in [-0.15, -0.1) is 0 Å². The number of alkyl halides is 1. The van der Waals surface area contributed by atoms with Crippen LogP contribution in [0.25, 0.3) is 5.76 Å². The number of carbonyl (C=O) groups excluding carboxylic acids is 1. The molecule has 0 aromatic heterocycles. The van der Waals surface area contributed by atoms with E-state index in [0.29, 0.717) is 6.21 Å². The number of nitro benzene ring substituents is 1. The average molecular weight is 390 g/mol. The Kier molecular flexibility index (Phi) is 5.82. The van der Waals surface area contributed by atoms with Crippen LogP contribution in [0.15, 0.2) is 10.6 Å². The number of esters is 1. The molecule has 11 heteroatoms. The van der Waals surface area contributed by atoms with Crippen molar-refractivity contribution in [1.82, 2.24) is 0 Å². The second-order valence-corrected chi connectivity index (χ2v) is 5.63. The Morgan fingerprint density at radius 1 is 1.37 bits per heavy atom. The maximum absolute atomic E-state index is 14.4. The van der Waals surface area contributed by atoms with Crippen LogP contribution in [0.1, 0.15) is 24.5 Å². The van der Waals surface area contributed by atoms with E-state index in [2.05, 4.69) is 9.73 Å². The highest BCUT2D eigenvalue weighted by Gasteiger charge is 2.38. The molecule has 0 saturated heterocycles. The lowest BCUT2D eigenvalue weighted by Crippen LogP contribution is -2.14. The number of hydrogen-bond acceptors (Lipinski definition) is 6. The number of carbonyl (C=O) groups is 1. The fraction of sp³-hybridized carbons (Fsp3) is 0.375. The predicted octanol–water partition coefficient (Wildman–Crippen LogP) is 3.33. The number of halogens is 4. The highest BCUT2D eigenvalue weighted by Crippen LogP contribution is 2.36. The first kappa shape index (κ1) is 20.3. The number of rotatable bonds is 6. The number of aliphatic hydroxyl groups is 1. The normalized spacial score (nSPS) is 19.8. The van der Waals surface area contributed by atoms with Crippen molar-refractivity contribution in [1.29, 1.82) is 0 Å². The van der Waals surface area contributed by atoms with Gasteiger partial charge in [-0.1, -0.05) is 0 Å². The van der Waals surface area contributed by atoms with E-state index in [0.717, 1.165) is 6.92 Å². The lowest BCUT2D eigenvalue weighted by Gasteiger charge is -2.11. The molecule has 27 heavy (non-hydrogen) atoms. The second-order valence-electron chi connectivity index (χ2n) is 5.63. The van der Waals surface area contributed by atoms with Crippen molar-refractivity contribution in [2.75, 3.05) is 6.61 Å². The highest BCUT2D eigenvalue weighted by atomic mass is 19.2. The lowest BCUT2D eigenvalue weighted by molar-refractivity contribution is -0.388. The third-order valence-electron chi connectivity index (χ3n) is 3.76. The molecule has 1 aromatic carbocycles. The van der Waals surface area contributed by atoms with E-state index < -0.39 is 68.7 Å². The zero-order valence-corrected chi connectivity index (χ0v) is 14.1. The fourth-order valence-electron chi connectivity index (χ4n) is 2.18. The molecule has 1 fully saturated rings. The van der Waals surface area contributed by atoms with Crippen molar-refractivity contribution in [3.8, 4) is 0 Å². The van der Waals surface area contributed by atoms with Crippen LogP contribution >= 0.6 is 0 Å². The summed E-state index contributed by atoms with van der Waals surface area (Å²) in [4.78, 5) is 25.3. The molecule has 1 aromatic rings. The van der Waals surface area contributed by atoms with Crippen LogP contribution in [0.5, 0.6) is 0 Å². The van der Waals surface area contributed by atoms with E-state index in [4.69, 9.17) is 0 Å². The molecule has 0 spiro atoms. The molecular weight excluding hydrogens is 376 g/mol. The highest BCUT2D eigenvalue weighted by molar-refractivity contribution is 6.15. The van der Waals surface area contributed by atoms with Crippen molar-refractivity contribution in [2.24, 2.45) is 4.99 Å². The number of ether oxygens (including phenoxy) is 1. The van der Waals surface area contributed by atoms with Gasteiger partial charge in [0.15, 0.2) is 5.82 Å². The fourth-order valence-corrected chi connectivity index (χ4v) is 2.18. The molecule has 146 valence electrons. The zero-order valence-electron chi connectivity index (χ0n) is 14.1. The van der Waals surface area contributed by atoms with E-state index in [1.807, 2.05) is 0 Å². The molecule has 1 N–H and O–H groups in total. The van der Waals surface area contributed by atoms with E-state index in [1.165, 1.54) is 6.92 Å². The maximum Gasteiger partial charge on any atom is 0.343 e. The van der Waals surface area contributed by atoms with Gasteiger partial charge in [-0.3, -0.25) is 15.1 Å². The standard InChI is InChI=1S/C16H14F4N2O5/c1-3-27-16(24)7(5-21-9-4-8(9)17)15(23)10-11(18)6(2)12(19)13(20)14(10)22(25)26/h5,8-9,23H,3-4H2,1-2H3/b15-7+,21-5?/t8-,9?/m0/s1. The smallest absolute Gasteiger partial charge is 0.343 e. The molecule has 0 radical (unpaired) electrons. The Morgan fingerprint density at radius 3 is 2.44 bits per heavy atom. The van der Waals surface area contributed by atoms with Crippen LogP contribution in [0.3, 0.4) is 0 Å². The first-order valence-electron chi connectivity index (χ1n) is 7.71. The first-order valence-corrected chi connectivity index (χ1v) is 7.71. The Hall–Kier alpha value is -2.98. The number of nitro groups is 1. The van der Waals surface area contributed by atoms with Crippen LogP contribution in [0.2, 0.25) is 0 Å². The summed E-state index contributed by atoms with van der Waals surface area (Å²) in [5, 5.41) is 21.4. The topological polar surface area (TPSA) is 102 Å². The predicted molar refractivity (Wildman–Crippen MR) is 85.7 cm³/mol. The Bertz CT molecular complexity index is 869. The average Bonchev–Trinajstić information content (AvgIpc) is 3.31. The van der Waals surface area contributed by atoms with Crippen LogP contribution < -0.4 is 0 Å². The number of aliphatic hydroxyl groups excluding tert-OH is 1. The summed E-state index contributed by atoms with van der Waals surface area (Å²) >= 11 is 0. The summed E-state index contributed by atoms with van der Waals surface area (Å²) in [5.74, 6) is -8.08. The number of benzene rings is 1. The van der Waals surface area contributed by atoms with Crippen molar-refractivity contribution >= 4 is 23.6 Å². The van der Waals surface area contributed by atoms with Gasteiger partial charge in [0.2, 0.25) is 5.82 Å². The largest absolute Gasteiger partial charge is 0.506 e. The summed E-state index contributed by atoms with van der Waals surface area (Å²) in [7, 11) is 0. The molecule has 1 aliphatic carbocycles. The minimum absolute atomic E-state index is 0.0617.